The van der Waals surface area contributed by atoms with Gasteiger partial charge in [-0.05, 0) is 56.0 Å². The second-order valence-corrected chi connectivity index (χ2v) is 7.49. The van der Waals surface area contributed by atoms with Gasteiger partial charge in [-0.3, -0.25) is 4.90 Å². The number of aromatic nitrogens is 4. The molecule has 0 bridgehead atoms. The van der Waals surface area contributed by atoms with Crippen molar-refractivity contribution in [1.82, 2.24) is 24.6 Å². The second-order valence-electron chi connectivity index (χ2n) is 7.49. The second kappa shape index (κ2) is 7.27. The molecule has 3 heterocycles. The van der Waals surface area contributed by atoms with Crippen LogP contribution in [0, 0.1) is 13.8 Å². The minimum atomic E-state index is 0.402. The molecule has 2 aromatic heterocycles. The lowest BCUT2D eigenvalue weighted by atomic mass is 9.93. The minimum Gasteiger partial charge on any atom is -0.496 e. The molecule has 0 amide bonds. The Morgan fingerprint density at radius 1 is 1.15 bits per heavy atom. The zero-order valence-electron chi connectivity index (χ0n) is 16.6. The molecular weight excluding hydrogens is 338 g/mol. The summed E-state index contributed by atoms with van der Waals surface area (Å²) in [5.74, 6) is 1.37. The third kappa shape index (κ3) is 3.30. The third-order valence-corrected chi connectivity index (χ3v) is 5.84. The van der Waals surface area contributed by atoms with Crippen LogP contribution in [-0.2, 0) is 13.6 Å². The average Bonchev–Trinajstić information content (AvgIpc) is 3.03. The maximum Gasteiger partial charge on any atom is 0.176 e. The van der Waals surface area contributed by atoms with Crippen LogP contribution >= 0.6 is 0 Å². The van der Waals surface area contributed by atoms with Crippen LogP contribution in [-0.4, -0.2) is 44.8 Å². The molecule has 4 rings (SSSR count). The van der Waals surface area contributed by atoms with Gasteiger partial charge < -0.3 is 4.74 Å². The number of ether oxygens (including phenoxy) is 1. The average molecular weight is 365 g/mol. The van der Waals surface area contributed by atoms with E-state index in [1.54, 1.807) is 19.5 Å². The summed E-state index contributed by atoms with van der Waals surface area (Å²) in [6, 6.07) is 4.29. The molecule has 1 aromatic carbocycles. The van der Waals surface area contributed by atoms with Crippen molar-refractivity contribution in [2.24, 2.45) is 7.05 Å². The molecule has 1 aliphatic heterocycles. The molecule has 3 aromatic rings. The number of hydrogen-bond donors (Lipinski definition) is 0. The van der Waals surface area contributed by atoms with Crippen molar-refractivity contribution in [2.45, 2.75) is 39.2 Å². The number of fused-ring (bicyclic) bond motifs is 1. The van der Waals surface area contributed by atoms with Crippen LogP contribution in [0.5, 0.6) is 5.75 Å². The Morgan fingerprint density at radius 3 is 2.78 bits per heavy atom. The minimum absolute atomic E-state index is 0.402. The number of likely N-dealkylation sites (tertiary alicyclic amines) is 1. The van der Waals surface area contributed by atoms with Gasteiger partial charge >= 0.3 is 0 Å². The van der Waals surface area contributed by atoms with Crippen LogP contribution in [0.1, 0.15) is 41.1 Å². The maximum atomic E-state index is 5.45. The molecule has 0 radical (unpaired) electrons. The zero-order valence-corrected chi connectivity index (χ0v) is 16.6. The quantitative estimate of drug-likeness (QED) is 0.709. The molecular formula is C21H27N5O. The van der Waals surface area contributed by atoms with Gasteiger partial charge in [-0.15, -0.1) is 0 Å². The third-order valence-electron chi connectivity index (χ3n) is 5.84. The van der Waals surface area contributed by atoms with Gasteiger partial charge in [0.2, 0.25) is 0 Å². The van der Waals surface area contributed by atoms with Crippen molar-refractivity contribution < 1.29 is 4.74 Å². The number of rotatable bonds is 4. The van der Waals surface area contributed by atoms with Gasteiger partial charge in [0, 0.05) is 38.4 Å². The molecule has 6 heteroatoms. The summed E-state index contributed by atoms with van der Waals surface area (Å²) in [5.41, 5.74) is 6.84. The highest BCUT2D eigenvalue weighted by Crippen LogP contribution is 2.31. The SMILES string of the molecule is COc1ccc(CN2CCC[C@@H](c3nn(C)c4nccnc34)C2)c(C)c1C. The van der Waals surface area contributed by atoms with E-state index in [0.29, 0.717) is 5.92 Å². The van der Waals surface area contributed by atoms with Gasteiger partial charge in [-0.2, -0.15) is 5.10 Å². The van der Waals surface area contributed by atoms with E-state index in [1.807, 2.05) is 11.7 Å². The Hall–Kier alpha value is -2.47. The van der Waals surface area contributed by atoms with Crippen molar-refractivity contribution >= 4 is 11.2 Å². The topological polar surface area (TPSA) is 56.1 Å². The predicted octanol–water partition coefficient (Wildman–Crippen LogP) is 3.37. The molecule has 0 spiro atoms. The highest BCUT2D eigenvalue weighted by atomic mass is 16.5. The Kier molecular flexibility index (Phi) is 4.83. The lowest BCUT2D eigenvalue weighted by Gasteiger charge is -2.32. The molecule has 27 heavy (non-hydrogen) atoms. The van der Waals surface area contributed by atoms with E-state index in [0.717, 1.165) is 48.7 Å². The van der Waals surface area contributed by atoms with E-state index < -0.39 is 0 Å². The van der Waals surface area contributed by atoms with Crippen LogP contribution in [0.25, 0.3) is 11.2 Å². The molecule has 6 nitrogen and oxygen atoms in total. The standard InChI is InChI=1S/C21H27N5O/c1-14-15(2)18(27-4)8-7-16(14)12-26-11-5-6-17(13-26)19-20-21(25(3)24-19)23-10-9-22-20/h7-10,17H,5-6,11-13H2,1-4H3/t17-/m1/s1. The van der Waals surface area contributed by atoms with Gasteiger partial charge in [0.1, 0.15) is 11.3 Å². The lowest BCUT2D eigenvalue weighted by Crippen LogP contribution is -2.34. The maximum absolute atomic E-state index is 5.45. The normalized spacial score (nSPS) is 18.1. The van der Waals surface area contributed by atoms with Crippen LogP contribution < -0.4 is 4.74 Å². The Labute approximate surface area is 160 Å². The van der Waals surface area contributed by atoms with Gasteiger partial charge in [0.25, 0.3) is 0 Å². The zero-order chi connectivity index (χ0) is 19.0. The van der Waals surface area contributed by atoms with Crippen LogP contribution in [0.15, 0.2) is 24.5 Å². The summed E-state index contributed by atoms with van der Waals surface area (Å²) >= 11 is 0. The molecule has 1 atom stereocenters. The number of methoxy groups -OCH3 is 1. The van der Waals surface area contributed by atoms with E-state index in [1.165, 1.54) is 23.1 Å². The molecule has 0 saturated carbocycles. The first kappa shape index (κ1) is 17.9. The van der Waals surface area contributed by atoms with E-state index in [-0.39, 0.29) is 0 Å². The van der Waals surface area contributed by atoms with Crippen molar-refractivity contribution in [3.8, 4) is 5.75 Å². The summed E-state index contributed by atoms with van der Waals surface area (Å²) < 4.78 is 7.31. The number of piperidine rings is 1. The highest BCUT2D eigenvalue weighted by molar-refractivity contribution is 5.73. The monoisotopic (exact) mass is 365 g/mol. The van der Waals surface area contributed by atoms with E-state index in [4.69, 9.17) is 9.84 Å². The Morgan fingerprint density at radius 2 is 1.96 bits per heavy atom. The number of hydrogen-bond acceptors (Lipinski definition) is 5. The largest absolute Gasteiger partial charge is 0.496 e. The molecule has 0 unspecified atom stereocenters. The van der Waals surface area contributed by atoms with Crippen molar-refractivity contribution in [2.75, 3.05) is 20.2 Å². The van der Waals surface area contributed by atoms with Crippen molar-refractivity contribution in [1.29, 1.82) is 0 Å². The smallest absolute Gasteiger partial charge is 0.176 e. The lowest BCUT2D eigenvalue weighted by molar-refractivity contribution is 0.198. The first-order valence-corrected chi connectivity index (χ1v) is 9.57. The van der Waals surface area contributed by atoms with Crippen molar-refractivity contribution in [3.05, 3.63) is 46.9 Å². The van der Waals surface area contributed by atoms with E-state index >= 15 is 0 Å². The Balaban J connectivity index is 1.56. The van der Waals surface area contributed by atoms with Crippen LogP contribution in [0.3, 0.4) is 0 Å². The summed E-state index contributed by atoms with van der Waals surface area (Å²) in [5, 5.41) is 4.76. The molecule has 0 N–H and O–H groups in total. The first-order chi connectivity index (χ1) is 13.1. The number of benzene rings is 1. The Bertz CT molecular complexity index is 965. The van der Waals surface area contributed by atoms with E-state index in [2.05, 4.69) is 40.8 Å². The number of nitrogens with zero attached hydrogens (tertiary/aromatic N) is 5. The predicted molar refractivity (Wildman–Crippen MR) is 106 cm³/mol. The van der Waals surface area contributed by atoms with Crippen LogP contribution in [0.2, 0.25) is 0 Å². The summed E-state index contributed by atoms with van der Waals surface area (Å²) in [7, 11) is 3.68. The fourth-order valence-corrected chi connectivity index (χ4v) is 4.19. The van der Waals surface area contributed by atoms with Crippen molar-refractivity contribution in [3.63, 3.8) is 0 Å². The van der Waals surface area contributed by atoms with Gasteiger partial charge in [-0.1, -0.05) is 6.07 Å². The first-order valence-electron chi connectivity index (χ1n) is 9.57. The summed E-state index contributed by atoms with van der Waals surface area (Å²) in [6.45, 7) is 7.42. The molecule has 1 saturated heterocycles. The van der Waals surface area contributed by atoms with Crippen LogP contribution in [0.4, 0.5) is 0 Å². The summed E-state index contributed by atoms with van der Waals surface area (Å²) in [6.07, 6.45) is 5.82. The van der Waals surface area contributed by atoms with Gasteiger partial charge in [0.05, 0.1) is 12.8 Å². The molecule has 1 aliphatic rings. The van der Waals surface area contributed by atoms with Gasteiger partial charge in [0.15, 0.2) is 5.65 Å². The molecule has 142 valence electrons. The summed E-state index contributed by atoms with van der Waals surface area (Å²) in [4.78, 5) is 11.5. The highest BCUT2D eigenvalue weighted by Gasteiger charge is 2.27. The fraction of sp³-hybridized carbons (Fsp3) is 0.476. The molecule has 1 fully saturated rings. The van der Waals surface area contributed by atoms with Gasteiger partial charge in [-0.25, -0.2) is 14.6 Å². The fourth-order valence-electron chi connectivity index (χ4n) is 4.19. The number of aryl methyl sites for hydroxylation is 1. The van der Waals surface area contributed by atoms with E-state index in [9.17, 15) is 0 Å². The molecule has 0 aliphatic carbocycles.